The van der Waals surface area contributed by atoms with Crippen LogP contribution in [0.25, 0.3) is 0 Å². The lowest BCUT2D eigenvalue weighted by molar-refractivity contribution is -0.159. The summed E-state index contributed by atoms with van der Waals surface area (Å²) in [7, 11) is 0. The van der Waals surface area contributed by atoms with E-state index in [9.17, 15) is 19.5 Å². The molecule has 4 N–H and O–H groups in total. The van der Waals surface area contributed by atoms with Crippen molar-refractivity contribution in [3.63, 3.8) is 0 Å². The number of aliphatic carboxylic acids is 1. The van der Waals surface area contributed by atoms with Crippen molar-refractivity contribution in [1.29, 1.82) is 0 Å². The largest absolute Gasteiger partial charge is 0.477 e. The molecule has 178 valence electrons. The molecule has 0 spiro atoms. The summed E-state index contributed by atoms with van der Waals surface area (Å²) in [4.78, 5) is 43.3. The van der Waals surface area contributed by atoms with Gasteiger partial charge in [-0.2, -0.15) is 4.80 Å². The number of carbonyl (C=O) groups is 3. The Morgan fingerprint density at radius 3 is 2.67 bits per heavy atom. The monoisotopic (exact) mass is 476 g/mol. The minimum Gasteiger partial charge on any atom is -0.477 e. The maximum Gasteiger partial charge on any atom is 0.353 e. The van der Waals surface area contributed by atoms with Gasteiger partial charge in [-0.05, 0) is 31.4 Å². The fraction of sp³-hybridized carbons (Fsp3) is 0.700. The fourth-order valence-electron chi connectivity index (χ4n) is 5.55. The number of β-lactam (4-membered cyclic amide) rings is 1. The number of nitrogens with zero attached hydrogens (tertiary/aromatic N) is 6. The first-order valence-electron chi connectivity index (χ1n) is 11.3. The standard InChI is InChI=1S/C20H28N8O4S/c1-9-14-13(10(2)28-24-20(21)23-25-28)18(30)27(14)15(19(31)32)16(9)33-11-7-12(22-8-11)17(29)26-5-3-4-6-26/h9-14,22H,3-8H2,1-2H3,(H2,21,24)(H,31,32)/t9-,10-,11+,12+,13-,14-/m1/s1. The van der Waals surface area contributed by atoms with E-state index in [1.807, 2.05) is 18.7 Å². The van der Waals surface area contributed by atoms with Crippen LogP contribution in [0.3, 0.4) is 0 Å². The molecule has 0 aromatic carbocycles. The van der Waals surface area contributed by atoms with E-state index in [2.05, 4.69) is 20.7 Å². The number of nitrogens with one attached hydrogen (secondary N) is 1. The van der Waals surface area contributed by atoms with Gasteiger partial charge in [0.15, 0.2) is 0 Å². The molecule has 0 aliphatic carbocycles. The van der Waals surface area contributed by atoms with E-state index in [0.29, 0.717) is 17.9 Å². The Morgan fingerprint density at radius 2 is 2.03 bits per heavy atom. The highest BCUT2D eigenvalue weighted by atomic mass is 32.2. The molecular weight excluding hydrogens is 448 g/mol. The molecule has 12 nitrogen and oxygen atoms in total. The molecule has 4 aliphatic heterocycles. The van der Waals surface area contributed by atoms with Crippen molar-refractivity contribution >= 4 is 35.5 Å². The van der Waals surface area contributed by atoms with Gasteiger partial charge in [0, 0.05) is 35.7 Å². The van der Waals surface area contributed by atoms with E-state index < -0.39 is 17.9 Å². The van der Waals surface area contributed by atoms with E-state index in [1.165, 1.54) is 21.5 Å². The van der Waals surface area contributed by atoms with Crippen molar-refractivity contribution in [2.45, 2.75) is 56.5 Å². The van der Waals surface area contributed by atoms with Crippen LogP contribution in [0, 0.1) is 11.8 Å². The maximum absolute atomic E-state index is 13.0. The summed E-state index contributed by atoms with van der Waals surface area (Å²) in [5.41, 5.74) is 5.63. The lowest BCUT2D eigenvalue weighted by atomic mass is 9.78. The molecule has 0 bridgehead atoms. The highest BCUT2D eigenvalue weighted by Crippen LogP contribution is 2.53. The van der Waals surface area contributed by atoms with E-state index in [0.717, 1.165) is 25.9 Å². The Bertz CT molecular complexity index is 1020. The predicted molar refractivity (Wildman–Crippen MR) is 118 cm³/mol. The van der Waals surface area contributed by atoms with E-state index in [-0.39, 0.29) is 46.7 Å². The summed E-state index contributed by atoms with van der Waals surface area (Å²) in [6.45, 7) is 6.02. The number of carboxylic acids is 1. The molecule has 5 heterocycles. The van der Waals surface area contributed by atoms with Gasteiger partial charge >= 0.3 is 5.97 Å². The molecule has 0 unspecified atom stereocenters. The average molecular weight is 477 g/mol. The normalized spacial score (nSPS) is 32.3. The van der Waals surface area contributed by atoms with Crippen molar-refractivity contribution in [3.05, 3.63) is 10.6 Å². The van der Waals surface area contributed by atoms with Crippen LogP contribution < -0.4 is 11.1 Å². The molecule has 4 aliphatic rings. The van der Waals surface area contributed by atoms with Crippen LogP contribution >= 0.6 is 11.8 Å². The number of nitrogens with two attached hydrogens (primary N) is 1. The average Bonchev–Trinajstić information content (AvgIpc) is 3.56. The molecule has 0 radical (unpaired) electrons. The van der Waals surface area contributed by atoms with Gasteiger partial charge in [0.2, 0.25) is 11.8 Å². The third-order valence-electron chi connectivity index (χ3n) is 7.22. The van der Waals surface area contributed by atoms with Crippen LogP contribution in [0.2, 0.25) is 0 Å². The zero-order chi connectivity index (χ0) is 23.4. The number of nitrogen functional groups attached to an aromatic ring is 1. The van der Waals surface area contributed by atoms with Crippen LogP contribution in [0.4, 0.5) is 5.95 Å². The number of tetrazole rings is 1. The zero-order valence-electron chi connectivity index (χ0n) is 18.5. The highest BCUT2D eigenvalue weighted by Gasteiger charge is 2.61. The van der Waals surface area contributed by atoms with Gasteiger partial charge in [-0.1, -0.05) is 12.0 Å². The van der Waals surface area contributed by atoms with Gasteiger partial charge < -0.3 is 26.0 Å². The summed E-state index contributed by atoms with van der Waals surface area (Å²) in [6.07, 6.45) is 2.73. The number of carboxylic acid groups (broad SMARTS) is 1. The molecule has 1 aromatic heterocycles. The van der Waals surface area contributed by atoms with Crippen LogP contribution in [0.5, 0.6) is 0 Å². The third-order valence-corrected chi connectivity index (χ3v) is 8.73. The van der Waals surface area contributed by atoms with Gasteiger partial charge in [-0.15, -0.1) is 16.9 Å². The number of anilines is 1. The molecular formula is C20H28N8O4S. The topological polar surface area (TPSA) is 160 Å². The lowest BCUT2D eigenvalue weighted by Gasteiger charge is -2.47. The second-order valence-electron chi connectivity index (χ2n) is 9.21. The van der Waals surface area contributed by atoms with Crippen molar-refractivity contribution in [1.82, 2.24) is 35.3 Å². The number of rotatable bonds is 6. The Balaban J connectivity index is 1.31. The number of fused-ring (bicyclic) bond motifs is 1. The van der Waals surface area contributed by atoms with E-state index in [1.54, 1.807) is 0 Å². The number of hydrogen-bond donors (Lipinski definition) is 3. The van der Waals surface area contributed by atoms with Gasteiger partial charge in [0.05, 0.1) is 24.0 Å². The smallest absolute Gasteiger partial charge is 0.353 e. The summed E-state index contributed by atoms with van der Waals surface area (Å²) in [6, 6.07) is -0.924. The van der Waals surface area contributed by atoms with Crippen LogP contribution in [0.15, 0.2) is 10.6 Å². The minimum absolute atomic E-state index is 0.0253. The molecule has 1 aromatic rings. The Hall–Kier alpha value is -2.67. The van der Waals surface area contributed by atoms with Gasteiger partial charge in [0.25, 0.3) is 5.95 Å². The van der Waals surface area contributed by atoms with Crippen LogP contribution in [-0.2, 0) is 14.4 Å². The van der Waals surface area contributed by atoms with Crippen molar-refractivity contribution < 1.29 is 19.5 Å². The van der Waals surface area contributed by atoms with Crippen LogP contribution in [0.1, 0.15) is 39.2 Å². The Kier molecular flexibility index (Phi) is 5.55. The van der Waals surface area contributed by atoms with Gasteiger partial charge in [0.1, 0.15) is 5.70 Å². The summed E-state index contributed by atoms with van der Waals surface area (Å²) >= 11 is 1.49. The molecule has 2 amide bonds. The molecule has 5 rings (SSSR count). The zero-order valence-corrected chi connectivity index (χ0v) is 19.4. The quantitative estimate of drug-likeness (QED) is 0.464. The number of likely N-dealkylation sites (tertiary alicyclic amines) is 1. The van der Waals surface area contributed by atoms with Crippen LogP contribution in [-0.4, -0.2) is 89.9 Å². The maximum atomic E-state index is 13.0. The number of aromatic nitrogens is 4. The predicted octanol–water partition coefficient (Wildman–Crippen LogP) is -0.325. The molecule has 13 heteroatoms. The lowest BCUT2D eigenvalue weighted by Crippen LogP contribution is -2.62. The van der Waals surface area contributed by atoms with Gasteiger partial charge in [-0.3, -0.25) is 9.59 Å². The SMILES string of the molecule is C[C@H]([C@H]1C(=O)N2C(C(=O)O)=C(S[C@@H]3CN[C@H](C(=O)N4CCCC4)C3)[C@H](C)[C@H]12)n1nnc(N)n1. The third kappa shape index (κ3) is 3.57. The first-order valence-corrected chi connectivity index (χ1v) is 12.2. The minimum atomic E-state index is -1.11. The second-order valence-corrected chi connectivity index (χ2v) is 10.6. The summed E-state index contributed by atoms with van der Waals surface area (Å²) in [5.74, 6) is -1.82. The Labute approximate surface area is 194 Å². The fourth-order valence-corrected chi connectivity index (χ4v) is 7.03. The van der Waals surface area contributed by atoms with Crippen molar-refractivity contribution in [3.8, 4) is 0 Å². The summed E-state index contributed by atoms with van der Waals surface area (Å²) < 4.78 is 0. The summed E-state index contributed by atoms with van der Waals surface area (Å²) in [5, 5.41) is 24.9. The Morgan fingerprint density at radius 1 is 1.30 bits per heavy atom. The highest BCUT2D eigenvalue weighted by molar-refractivity contribution is 8.03. The number of thioether (sulfide) groups is 1. The van der Waals surface area contributed by atoms with Gasteiger partial charge in [-0.25, -0.2) is 4.79 Å². The molecule has 33 heavy (non-hydrogen) atoms. The van der Waals surface area contributed by atoms with Crippen molar-refractivity contribution in [2.24, 2.45) is 11.8 Å². The van der Waals surface area contributed by atoms with E-state index in [4.69, 9.17) is 5.73 Å². The number of carbonyl (C=O) groups excluding carboxylic acids is 2. The number of hydrogen-bond acceptors (Lipinski definition) is 9. The molecule has 0 saturated carbocycles. The first-order chi connectivity index (χ1) is 15.8. The molecule has 6 atom stereocenters. The molecule has 3 saturated heterocycles. The van der Waals surface area contributed by atoms with E-state index >= 15 is 0 Å². The number of amides is 2. The van der Waals surface area contributed by atoms with Crippen molar-refractivity contribution in [2.75, 3.05) is 25.4 Å². The first kappa shape index (κ1) is 22.1. The molecule has 3 fully saturated rings. The second kappa shape index (κ2) is 8.28.